The van der Waals surface area contributed by atoms with E-state index in [1.165, 1.54) is 38.5 Å². The minimum absolute atomic E-state index is 0.0650. The Morgan fingerprint density at radius 3 is 1.97 bits per heavy atom. The summed E-state index contributed by atoms with van der Waals surface area (Å²) in [4.78, 5) is 42.2. The van der Waals surface area contributed by atoms with E-state index in [9.17, 15) is 29.7 Å². The SMILES string of the molecule is COc1cc(-c2c(C)cc(O)cc2OC)c2c(c1Cl)C(=O)C1=C(C(=O)c3c(O)cc(O)cc3C1(C)C)C2=O. The van der Waals surface area contributed by atoms with Gasteiger partial charge < -0.3 is 24.8 Å². The van der Waals surface area contributed by atoms with Crippen LogP contribution in [0.25, 0.3) is 11.1 Å². The molecular weight excluding hydrogens is 512 g/mol. The molecule has 0 amide bonds. The summed E-state index contributed by atoms with van der Waals surface area (Å²) in [6, 6.07) is 6.64. The fourth-order valence-corrected chi connectivity index (χ4v) is 5.88. The number of aromatic hydroxyl groups is 3. The third-order valence-corrected chi connectivity index (χ3v) is 7.61. The fourth-order valence-electron chi connectivity index (χ4n) is 5.56. The molecule has 0 atom stereocenters. The van der Waals surface area contributed by atoms with Gasteiger partial charge in [-0.05, 0) is 36.2 Å². The van der Waals surface area contributed by atoms with Gasteiger partial charge >= 0.3 is 0 Å². The van der Waals surface area contributed by atoms with Crippen LogP contribution in [0.3, 0.4) is 0 Å². The highest BCUT2D eigenvalue weighted by molar-refractivity contribution is 6.46. The van der Waals surface area contributed by atoms with Crippen molar-refractivity contribution in [2.45, 2.75) is 26.2 Å². The molecule has 38 heavy (non-hydrogen) atoms. The van der Waals surface area contributed by atoms with Crippen LogP contribution in [-0.4, -0.2) is 46.9 Å². The molecule has 9 heteroatoms. The van der Waals surface area contributed by atoms with E-state index in [4.69, 9.17) is 21.1 Å². The molecule has 0 saturated carbocycles. The van der Waals surface area contributed by atoms with Crippen LogP contribution in [-0.2, 0) is 5.41 Å². The van der Waals surface area contributed by atoms with Gasteiger partial charge in [-0.3, -0.25) is 14.4 Å². The van der Waals surface area contributed by atoms with E-state index in [0.29, 0.717) is 11.1 Å². The molecule has 0 radical (unpaired) electrons. The minimum atomic E-state index is -1.25. The summed E-state index contributed by atoms with van der Waals surface area (Å²) in [7, 11) is 2.77. The summed E-state index contributed by atoms with van der Waals surface area (Å²) in [5, 5.41) is 30.7. The zero-order valence-electron chi connectivity index (χ0n) is 21.1. The van der Waals surface area contributed by atoms with Crippen molar-refractivity contribution in [3.63, 3.8) is 0 Å². The summed E-state index contributed by atoms with van der Waals surface area (Å²) in [6.45, 7) is 4.95. The Morgan fingerprint density at radius 2 is 1.34 bits per heavy atom. The minimum Gasteiger partial charge on any atom is -0.508 e. The zero-order valence-corrected chi connectivity index (χ0v) is 21.9. The average molecular weight is 535 g/mol. The van der Waals surface area contributed by atoms with Crippen LogP contribution in [0.4, 0.5) is 0 Å². The number of rotatable bonds is 3. The highest BCUT2D eigenvalue weighted by Crippen LogP contribution is 2.53. The van der Waals surface area contributed by atoms with Crippen molar-refractivity contribution in [1.29, 1.82) is 0 Å². The van der Waals surface area contributed by atoms with Crippen molar-refractivity contribution in [3.8, 4) is 39.9 Å². The predicted octanol–water partition coefficient (Wildman–Crippen LogP) is 5.30. The molecule has 3 aromatic carbocycles. The average Bonchev–Trinajstić information content (AvgIpc) is 2.84. The zero-order chi connectivity index (χ0) is 27.8. The third kappa shape index (κ3) is 3.26. The lowest BCUT2D eigenvalue weighted by Gasteiger charge is -2.38. The maximum absolute atomic E-state index is 14.3. The van der Waals surface area contributed by atoms with Crippen LogP contribution in [0.15, 0.2) is 41.5 Å². The van der Waals surface area contributed by atoms with E-state index in [2.05, 4.69) is 0 Å². The first-order chi connectivity index (χ1) is 17.8. The number of ether oxygens (including phenoxy) is 2. The van der Waals surface area contributed by atoms with Crippen molar-refractivity contribution in [1.82, 2.24) is 0 Å². The Labute approximate surface area is 222 Å². The summed E-state index contributed by atoms with van der Waals surface area (Å²) in [5.41, 5.74) is -0.754. The van der Waals surface area contributed by atoms with Crippen molar-refractivity contribution < 1.29 is 39.2 Å². The van der Waals surface area contributed by atoms with Gasteiger partial charge in [0.1, 0.15) is 28.7 Å². The van der Waals surface area contributed by atoms with E-state index in [-0.39, 0.29) is 67.0 Å². The number of Topliss-reactive ketones (excluding diaryl/α,β-unsaturated/α-hetero) is 3. The molecule has 3 aromatic rings. The number of ketones is 3. The molecule has 0 aromatic heterocycles. The van der Waals surface area contributed by atoms with Crippen LogP contribution < -0.4 is 9.47 Å². The maximum Gasteiger partial charge on any atom is 0.201 e. The fraction of sp³-hybridized carbons (Fsp3) is 0.207. The highest BCUT2D eigenvalue weighted by Gasteiger charge is 2.50. The Bertz CT molecular complexity index is 1660. The first-order valence-corrected chi connectivity index (χ1v) is 12.0. The predicted molar refractivity (Wildman–Crippen MR) is 139 cm³/mol. The molecule has 0 spiro atoms. The van der Waals surface area contributed by atoms with Crippen molar-refractivity contribution >= 4 is 29.0 Å². The van der Waals surface area contributed by atoms with Crippen molar-refractivity contribution in [3.05, 3.63) is 74.3 Å². The molecule has 0 bridgehead atoms. The molecule has 0 unspecified atom stereocenters. The van der Waals surface area contributed by atoms with Crippen LogP contribution >= 0.6 is 11.6 Å². The quantitative estimate of drug-likeness (QED) is 0.386. The molecule has 0 heterocycles. The number of carbonyl (C=O) groups excluding carboxylic acids is 3. The number of phenols is 3. The number of methoxy groups -OCH3 is 2. The van der Waals surface area contributed by atoms with E-state index >= 15 is 0 Å². The normalized spacial score (nSPS) is 15.7. The van der Waals surface area contributed by atoms with Crippen LogP contribution in [0.5, 0.6) is 28.7 Å². The van der Waals surface area contributed by atoms with Crippen LogP contribution in [0.2, 0.25) is 5.02 Å². The van der Waals surface area contributed by atoms with Gasteiger partial charge in [-0.15, -0.1) is 0 Å². The summed E-state index contributed by atoms with van der Waals surface area (Å²) < 4.78 is 10.9. The van der Waals surface area contributed by atoms with Gasteiger partial charge in [0.15, 0.2) is 11.6 Å². The topological polar surface area (TPSA) is 130 Å². The van der Waals surface area contributed by atoms with E-state index in [0.717, 1.165) is 6.07 Å². The van der Waals surface area contributed by atoms with Gasteiger partial charge in [0.25, 0.3) is 0 Å². The number of fused-ring (bicyclic) bond motifs is 2. The van der Waals surface area contributed by atoms with Gasteiger partial charge in [0.05, 0.1) is 35.9 Å². The number of hydrogen-bond donors (Lipinski definition) is 3. The summed E-state index contributed by atoms with van der Waals surface area (Å²) in [5.74, 6) is -2.74. The standard InChI is InChI=1S/C29H23ClO8/c1-11-6-12(31)9-17(37-4)19(11)14-10-18(38-5)25(30)22-20(14)26(34)23-24(28(22)36)29(2,3)15-7-13(32)8-16(33)21(15)27(23)35/h6-10,31-33H,1-5H3. The van der Waals surface area contributed by atoms with E-state index in [1.807, 2.05) is 0 Å². The first-order valence-electron chi connectivity index (χ1n) is 11.6. The second-order valence-corrected chi connectivity index (χ2v) is 10.2. The molecule has 194 valence electrons. The lowest BCUT2D eigenvalue weighted by atomic mass is 9.62. The summed E-state index contributed by atoms with van der Waals surface area (Å²) in [6.07, 6.45) is 0. The molecular formula is C29H23ClO8. The van der Waals surface area contributed by atoms with Crippen LogP contribution in [0, 0.1) is 6.92 Å². The lowest BCUT2D eigenvalue weighted by molar-refractivity contribution is 0.0909. The van der Waals surface area contributed by atoms with Gasteiger partial charge in [-0.1, -0.05) is 25.4 Å². The summed E-state index contributed by atoms with van der Waals surface area (Å²) >= 11 is 6.64. The molecule has 2 aliphatic rings. The Kier molecular flexibility index (Phi) is 5.58. The lowest BCUT2D eigenvalue weighted by Crippen LogP contribution is -2.41. The largest absolute Gasteiger partial charge is 0.508 e. The molecule has 5 rings (SSSR count). The Hall–Kier alpha value is -4.30. The number of allylic oxidation sites excluding steroid dienone is 2. The first kappa shape index (κ1) is 25.4. The number of aryl methyl sites for hydroxylation is 1. The Balaban J connectivity index is 1.90. The van der Waals surface area contributed by atoms with Crippen LogP contribution in [0.1, 0.15) is 56.0 Å². The second kappa shape index (κ2) is 8.36. The molecule has 0 aliphatic heterocycles. The number of halogens is 1. The van der Waals surface area contributed by atoms with Crippen molar-refractivity contribution in [2.75, 3.05) is 14.2 Å². The van der Waals surface area contributed by atoms with Gasteiger partial charge in [0, 0.05) is 39.8 Å². The van der Waals surface area contributed by atoms with E-state index < -0.39 is 28.5 Å². The molecule has 3 N–H and O–H groups in total. The molecule has 2 aliphatic carbocycles. The number of hydrogen-bond acceptors (Lipinski definition) is 8. The monoisotopic (exact) mass is 534 g/mol. The van der Waals surface area contributed by atoms with Gasteiger partial charge in [-0.2, -0.15) is 0 Å². The molecule has 8 nitrogen and oxygen atoms in total. The van der Waals surface area contributed by atoms with Gasteiger partial charge in [0.2, 0.25) is 5.78 Å². The van der Waals surface area contributed by atoms with Gasteiger partial charge in [-0.25, -0.2) is 0 Å². The second-order valence-electron chi connectivity index (χ2n) is 9.78. The van der Waals surface area contributed by atoms with Crippen molar-refractivity contribution in [2.24, 2.45) is 0 Å². The Morgan fingerprint density at radius 1 is 0.737 bits per heavy atom. The number of carbonyl (C=O) groups is 3. The van der Waals surface area contributed by atoms with E-state index in [1.54, 1.807) is 20.8 Å². The number of benzene rings is 3. The third-order valence-electron chi connectivity index (χ3n) is 7.24. The number of phenolic OH excluding ortho intramolecular Hbond substituents is 3. The smallest absolute Gasteiger partial charge is 0.201 e. The highest BCUT2D eigenvalue weighted by atomic mass is 35.5. The molecule has 0 fully saturated rings. The maximum atomic E-state index is 14.3. The molecule has 0 saturated heterocycles.